The Balaban J connectivity index is 1.62. The summed E-state index contributed by atoms with van der Waals surface area (Å²) in [4.78, 5) is 29.3. The fourth-order valence-electron chi connectivity index (χ4n) is 4.18. The first-order valence-corrected chi connectivity index (χ1v) is 12.5. The van der Waals surface area contributed by atoms with Gasteiger partial charge in [-0.2, -0.15) is 4.28 Å². The zero-order valence-electron chi connectivity index (χ0n) is 20.9. The van der Waals surface area contributed by atoms with Crippen LogP contribution in [0.2, 0.25) is 0 Å². The number of likely N-dealkylation sites (tertiary alicyclic amines) is 1. The largest absolute Gasteiger partial charge is 0.350 e. The minimum atomic E-state index is -0.411. The van der Waals surface area contributed by atoms with Crippen LogP contribution in [0.3, 0.4) is 0 Å². The highest BCUT2D eigenvalue weighted by Crippen LogP contribution is 2.39. The number of nitrogens with one attached hydrogen (secondary N) is 2. The number of hydrogen-bond donors (Lipinski definition) is 2. The fourth-order valence-corrected chi connectivity index (χ4v) is 4.96. The first-order valence-electron chi connectivity index (χ1n) is 11.7. The zero-order valence-corrected chi connectivity index (χ0v) is 21.7. The molecule has 2 amide bonds. The van der Waals surface area contributed by atoms with E-state index < -0.39 is 6.04 Å². The molecule has 1 aromatic rings. The van der Waals surface area contributed by atoms with Crippen LogP contribution in [-0.4, -0.2) is 53.5 Å². The lowest BCUT2D eigenvalue weighted by atomic mass is 9.85. The van der Waals surface area contributed by atoms with Crippen molar-refractivity contribution in [1.29, 1.82) is 0 Å². The van der Waals surface area contributed by atoms with Gasteiger partial charge in [0, 0.05) is 26.2 Å². The summed E-state index contributed by atoms with van der Waals surface area (Å²) < 4.78 is 5.47. The van der Waals surface area contributed by atoms with Crippen molar-refractivity contribution in [1.82, 2.24) is 20.6 Å². The van der Waals surface area contributed by atoms with Crippen LogP contribution < -0.4 is 10.6 Å². The van der Waals surface area contributed by atoms with E-state index in [1.807, 2.05) is 52.1 Å². The van der Waals surface area contributed by atoms with Gasteiger partial charge in [-0.05, 0) is 36.3 Å². The van der Waals surface area contributed by atoms with Gasteiger partial charge in [-0.15, -0.1) is 0 Å². The van der Waals surface area contributed by atoms with Crippen LogP contribution in [0.15, 0.2) is 30.0 Å². The zero-order chi connectivity index (χ0) is 24.3. The summed E-state index contributed by atoms with van der Waals surface area (Å²) in [6.07, 6.45) is 1.55. The minimum Gasteiger partial charge on any atom is -0.350 e. The molecule has 8 heteroatoms. The van der Waals surface area contributed by atoms with Crippen LogP contribution in [0.1, 0.15) is 65.5 Å². The second-order valence-corrected chi connectivity index (χ2v) is 11.0. The Bertz CT molecular complexity index is 892. The van der Waals surface area contributed by atoms with Crippen LogP contribution in [0, 0.1) is 5.41 Å². The summed E-state index contributed by atoms with van der Waals surface area (Å²) in [5.74, 6) is -0.0647. The molecule has 3 rings (SSSR count). The van der Waals surface area contributed by atoms with Gasteiger partial charge < -0.3 is 15.5 Å². The average Bonchev–Trinajstić information content (AvgIpc) is 3.37. The van der Waals surface area contributed by atoms with Gasteiger partial charge in [-0.25, -0.2) is 5.06 Å². The highest BCUT2D eigenvalue weighted by atomic mass is 32.2. The summed E-state index contributed by atoms with van der Waals surface area (Å²) >= 11 is 1.36. The molecule has 1 saturated heterocycles. The minimum absolute atomic E-state index is 0.0168. The average molecular weight is 475 g/mol. The molecule has 0 bridgehead atoms. The first-order chi connectivity index (χ1) is 15.5. The van der Waals surface area contributed by atoms with Crippen molar-refractivity contribution in [2.75, 3.05) is 13.6 Å². The molecule has 2 atom stereocenters. The Morgan fingerprint density at radius 1 is 1.21 bits per heavy atom. The number of benzene rings is 1. The molecule has 1 aromatic carbocycles. The maximum absolute atomic E-state index is 13.4. The SMILES string of the molecule is CC1=C(c2ccc(CNC(=O)[C@@H]3CCCN3C(=O)C(NC(C)C)C(C)(C)C)cc2)SON1C. The summed E-state index contributed by atoms with van der Waals surface area (Å²) in [6.45, 7) is 13.4. The number of carbonyl (C=O) groups is 2. The Kier molecular flexibility index (Phi) is 8.13. The van der Waals surface area contributed by atoms with E-state index in [0.717, 1.165) is 28.1 Å². The van der Waals surface area contributed by atoms with E-state index in [1.54, 1.807) is 9.96 Å². The van der Waals surface area contributed by atoms with Crippen LogP contribution in [0.4, 0.5) is 0 Å². The van der Waals surface area contributed by atoms with E-state index in [-0.39, 0.29) is 29.3 Å². The lowest BCUT2D eigenvalue weighted by Gasteiger charge is -2.36. The van der Waals surface area contributed by atoms with Gasteiger partial charge in [0.05, 0.1) is 28.7 Å². The van der Waals surface area contributed by atoms with E-state index in [2.05, 4.69) is 31.4 Å². The molecule has 2 heterocycles. The summed E-state index contributed by atoms with van der Waals surface area (Å²) in [5.41, 5.74) is 2.95. The lowest BCUT2D eigenvalue weighted by Crippen LogP contribution is -2.57. The molecule has 0 spiro atoms. The molecule has 2 N–H and O–H groups in total. The maximum atomic E-state index is 13.4. The predicted octanol–water partition coefficient (Wildman–Crippen LogP) is 3.92. The van der Waals surface area contributed by atoms with Gasteiger partial charge >= 0.3 is 0 Å². The molecule has 1 fully saturated rings. The van der Waals surface area contributed by atoms with E-state index in [1.165, 1.54) is 12.0 Å². The van der Waals surface area contributed by atoms with Crippen molar-refractivity contribution in [3.63, 3.8) is 0 Å². The number of hydroxylamine groups is 2. The first kappa shape index (κ1) is 25.6. The van der Waals surface area contributed by atoms with Crippen molar-refractivity contribution in [3.05, 3.63) is 41.1 Å². The Labute approximate surface area is 202 Å². The summed E-state index contributed by atoms with van der Waals surface area (Å²) in [6, 6.07) is 7.59. The number of nitrogens with zero attached hydrogens (tertiary/aromatic N) is 2. The molecule has 7 nitrogen and oxygen atoms in total. The van der Waals surface area contributed by atoms with Crippen LogP contribution in [-0.2, 0) is 20.4 Å². The standard InChI is InChI=1S/C25H38N4O3S/c1-16(2)27-22(25(4,5)6)24(31)29-14-8-9-20(29)23(30)26-15-18-10-12-19(13-11-18)21-17(3)28(7)32-33-21/h10-13,16,20,22,27H,8-9,14-15H2,1-7H3,(H,26,30)/t20-,22?/m0/s1. The molecule has 0 aliphatic carbocycles. The maximum Gasteiger partial charge on any atom is 0.243 e. The number of rotatable bonds is 7. The second kappa shape index (κ2) is 10.5. The number of amides is 2. The quantitative estimate of drug-likeness (QED) is 0.584. The second-order valence-electron chi connectivity index (χ2n) is 10.3. The van der Waals surface area contributed by atoms with Crippen molar-refractivity contribution < 1.29 is 13.9 Å². The Hall–Kier alpha value is -2.03. The normalized spacial score (nSPS) is 20.1. The third kappa shape index (κ3) is 6.11. The molecule has 0 radical (unpaired) electrons. The molecule has 2 aliphatic heterocycles. The third-order valence-corrected chi connectivity index (χ3v) is 7.16. The lowest BCUT2D eigenvalue weighted by molar-refractivity contribution is -0.142. The molecule has 1 unspecified atom stereocenters. The van der Waals surface area contributed by atoms with Crippen LogP contribution in [0.5, 0.6) is 0 Å². The predicted molar refractivity (Wildman–Crippen MR) is 134 cm³/mol. The van der Waals surface area contributed by atoms with Crippen LogP contribution in [0.25, 0.3) is 4.91 Å². The van der Waals surface area contributed by atoms with Crippen molar-refractivity contribution >= 4 is 28.8 Å². The van der Waals surface area contributed by atoms with E-state index in [9.17, 15) is 9.59 Å². The topological polar surface area (TPSA) is 73.9 Å². The molecular formula is C25H38N4O3S. The highest BCUT2D eigenvalue weighted by molar-refractivity contribution is 8.04. The van der Waals surface area contributed by atoms with Crippen LogP contribution >= 0.6 is 12.0 Å². The summed E-state index contributed by atoms with van der Waals surface area (Å²) in [7, 11) is 1.89. The van der Waals surface area contributed by atoms with Gasteiger partial charge in [0.15, 0.2) is 0 Å². The van der Waals surface area contributed by atoms with Gasteiger partial charge in [0.2, 0.25) is 11.8 Å². The molecule has 0 aromatic heterocycles. The van der Waals surface area contributed by atoms with E-state index in [0.29, 0.717) is 19.5 Å². The Morgan fingerprint density at radius 3 is 2.42 bits per heavy atom. The molecular weight excluding hydrogens is 436 g/mol. The number of carbonyl (C=O) groups excluding carboxylic acids is 2. The molecule has 0 saturated carbocycles. The van der Waals surface area contributed by atoms with Crippen molar-refractivity contribution in [3.8, 4) is 0 Å². The van der Waals surface area contributed by atoms with Gasteiger partial charge in [0.1, 0.15) is 6.04 Å². The smallest absolute Gasteiger partial charge is 0.243 e. The Morgan fingerprint density at radius 2 is 1.88 bits per heavy atom. The molecule has 2 aliphatic rings. The van der Waals surface area contributed by atoms with E-state index >= 15 is 0 Å². The molecule has 182 valence electrons. The van der Waals surface area contributed by atoms with E-state index in [4.69, 9.17) is 4.28 Å². The third-order valence-electron chi connectivity index (χ3n) is 6.17. The number of allylic oxidation sites excluding steroid dienone is 1. The fraction of sp³-hybridized carbons (Fsp3) is 0.600. The molecule has 33 heavy (non-hydrogen) atoms. The summed E-state index contributed by atoms with van der Waals surface area (Å²) in [5, 5.41) is 8.21. The van der Waals surface area contributed by atoms with Crippen molar-refractivity contribution in [2.45, 2.75) is 79.1 Å². The van der Waals surface area contributed by atoms with Gasteiger partial charge in [-0.1, -0.05) is 58.9 Å². The van der Waals surface area contributed by atoms with Gasteiger partial charge in [0.25, 0.3) is 0 Å². The van der Waals surface area contributed by atoms with Gasteiger partial charge in [-0.3, -0.25) is 9.59 Å². The monoisotopic (exact) mass is 474 g/mol. The number of hydrogen-bond acceptors (Lipinski definition) is 6. The highest BCUT2D eigenvalue weighted by Gasteiger charge is 2.41. The van der Waals surface area contributed by atoms with Crippen molar-refractivity contribution in [2.24, 2.45) is 5.41 Å².